The number of hydrogen-bond donors (Lipinski definition) is 0. The van der Waals surface area contributed by atoms with E-state index in [2.05, 4.69) is 29.2 Å². The predicted molar refractivity (Wildman–Crippen MR) is 83.8 cm³/mol. The van der Waals surface area contributed by atoms with E-state index in [-0.39, 0.29) is 11.9 Å². The number of guanidine groups is 1. The molecule has 4 heteroatoms. The van der Waals surface area contributed by atoms with E-state index in [1.54, 1.807) is 4.90 Å². The summed E-state index contributed by atoms with van der Waals surface area (Å²) in [5, 5.41) is 0. The minimum atomic E-state index is 0.0883. The Morgan fingerprint density at radius 3 is 2.62 bits per heavy atom. The highest BCUT2D eigenvalue weighted by atomic mass is 16.2. The first kappa shape index (κ1) is 13.9. The summed E-state index contributed by atoms with van der Waals surface area (Å²) < 4.78 is 0. The van der Waals surface area contributed by atoms with Crippen molar-refractivity contribution in [2.24, 2.45) is 4.99 Å². The zero-order chi connectivity index (χ0) is 15.0. The Bertz CT molecular complexity index is 618. The number of rotatable bonds is 3. The summed E-state index contributed by atoms with van der Waals surface area (Å²) in [6.45, 7) is 7.44. The average Bonchev–Trinajstić information content (AvgIpc) is 2.90. The van der Waals surface area contributed by atoms with Crippen molar-refractivity contribution < 1.29 is 4.79 Å². The van der Waals surface area contributed by atoms with Gasteiger partial charge in [0.1, 0.15) is 0 Å². The Morgan fingerprint density at radius 1 is 1.24 bits per heavy atom. The van der Waals surface area contributed by atoms with E-state index < -0.39 is 0 Å². The molecule has 1 atom stereocenters. The number of benzene rings is 1. The highest BCUT2D eigenvalue weighted by Gasteiger charge is 2.37. The van der Waals surface area contributed by atoms with E-state index in [9.17, 15) is 4.79 Å². The second-order valence-electron chi connectivity index (χ2n) is 5.64. The number of aliphatic imine (C=N–C) groups is 1. The molecule has 110 valence electrons. The van der Waals surface area contributed by atoms with Gasteiger partial charge in [-0.2, -0.15) is 0 Å². The topological polar surface area (TPSA) is 35.9 Å². The van der Waals surface area contributed by atoms with Gasteiger partial charge in [0.25, 0.3) is 5.91 Å². The number of carbonyl (C=O) groups is 1. The lowest BCUT2D eigenvalue weighted by atomic mass is 10.1. The van der Waals surface area contributed by atoms with Crippen molar-refractivity contribution >= 4 is 11.9 Å². The third-order valence-electron chi connectivity index (χ3n) is 4.32. The van der Waals surface area contributed by atoms with Crippen molar-refractivity contribution in [1.29, 1.82) is 0 Å². The normalized spacial score (nSPS) is 21.8. The van der Waals surface area contributed by atoms with Crippen molar-refractivity contribution in [3.63, 3.8) is 0 Å². The Labute approximate surface area is 125 Å². The highest BCUT2D eigenvalue weighted by molar-refractivity contribution is 6.09. The minimum Gasteiger partial charge on any atom is -0.314 e. The van der Waals surface area contributed by atoms with E-state index in [0.717, 1.165) is 30.2 Å². The van der Waals surface area contributed by atoms with Crippen LogP contribution in [-0.2, 0) is 11.2 Å². The maximum Gasteiger partial charge on any atom is 0.257 e. The van der Waals surface area contributed by atoms with Crippen LogP contribution in [0.2, 0.25) is 0 Å². The molecule has 2 aliphatic rings. The fraction of sp³-hybridized carbons (Fsp3) is 0.412. The molecule has 4 nitrogen and oxygen atoms in total. The first-order chi connectivity index (χ1) is 10.1. The summed E-state index contributed by atoms with van der Waals surface area (Å²) >= 11 is 0. The maximum absolute atomic E-state index is 12.3. The molecule has 0 radical (unpaired) electrons. The van der Waals surface area contributed by atoms with Gasteiger partial charge < -0.3 is 4.90 Å². The smallest absolute Gasteiger partial charge is 0.257 e. The number of amides is 1. The van der Waals surface area contributed by atoms with Gasteiger partial charge in [0.2, 0.25) is 5.96 Å². The van der Waals surface area contributed by atoms with Crippen molar-refractivity contribution in [3.05, 3.63) is 47.2 Å². The molecule has 0 saturated heterocycles. The van der Waals surface area contributed by atoms with E-state index in [0.29, 0.717) is 6.54 Å². The number of likely N-dealkylation sites (N-methyl/N-ethyl adjacent to an activating group) is 1. The summed E-state index contributed by atoms with van der Waals surface area (Å²) in [7, 11) is 0. The summed E-state index contributed by atoms with van der Waals surface area (Å²) in [6.07, 6.45) is 0.916. The molecule has 1 aromatic rings. The fourth-order valence-electron chi connectivity index (χ4n) is 3.00. The van der Waals surface area contributed by atoms with Crippen LogP contribution in [0.15, 0.2) is 46.6 Å². The van der Waals surface area contributed by atoms with Gasteiger partial charge in [-0.3, -0.25) is 9.69 Å². The molecular weight excluding hydrogens is 262 g/mol. The first-order valence-electron chi connectivity index (χ1n) is 7.50. The van der Waals surface area contributed by atoms with Crippen LogP contribution in [0, 0.1) is 0 Å². The van der Waals surface area contributed by atoms with Gasteiger partial charge in [0, 0.05) is 24.4 Å². The standard InChI is InChI=1S/C17H21N3O/c1-4-19-16(21)12(2)13(3)20-11-15(18-17(19)20)10-14-8-6-5-7-9-14/h5-9,15H,4,10-11H2,1-3H3. The van der Waals surface area contributed by atoms with Crippen LogP contribution in [0.5, 0.6) is 0 Å². The van der Waals surface area contributed by atoms with E-state index in [1.807, 2.05) is 26.8 Å². The van der Waals surface area contributed by atoms with Crippen LogP contribution >= 0.6 is 0 Å². The number of nitrogens with zero attached hydrogens (tertiary/aromatic N) is 3. The van der Waals surface area contributed by atoms with Crippen molar-refractivity contribution in [1.82, 2.24) is 9.80 Å². The lowest BCUT2D eigenvalue weighted by Gasteiger charge is -2.35. The van der Waals surface area contributed by atoms with Crippen LogP contribution in [0.1, 0.15) is 26.3 Å². The predicted octanol–water partition coefficient (Wildman–Crippen LogP) is 2.43. The molecule has 1 aromatic carbocycles. The monoisotopic (exact) mass is 283 g/mol. The summed E-state index contributed by atoms with van der Waals surface area (Å²) in [5.74, 6) is 0.914. The molecule has 0 saturated carbocycles. The molecule has 0 N–H and O–H groups in total. The average molecular weight is 283 g/mol. The van der Waals surface area contributed by atoms with Crippen LogP contribution < -0.4 is 0 Å². The molecular formula is C17H21N3O. The zero-order valence-corrected chi connectivity index (χ0v) is 12.8. The molecule has 2 aliphatic heterocycles. The van der Waals surface area contributed by atoms with Gasteiger partial charge in [-0.1, -0.05) is 30.3 Å². The van der Waals surface area contributed by atoms with Crippen molar-refractivity contribution in [3.8, 4) is 0 Å². The largest absolute Gasteiger partial charge is 0.314 e. The summed E-state index contributed by atoms with van der Waals surface area (Å²) in [5.41, 5.74) is 3.16. The van der Waals surface area contributed by atoms with Crippen LogP contribution in [0.25, 0.3) is 0 Å². The van der Waals surface area contributed by atoms with Crippen LogP contribution in [0.3, 0.4) is 0 Å². The number of hydrogen-bond acceptors (Lipinski definition) is 3. The number of carbonyl (C=O) groups excluding carboxylic acids is 1. The first-order valence-corrected chi connectivity index (χ1v) is 7.50. The molecule has 21 heavy (non-hydrogen) atoms. The maximum atomic E-state index is 12.3. The summed E-state index contributed by atoms with van der Waals surface area (Å²) in [6, 6.07) is 10.6. The second-order valence-corrected chi connectivity index (χ2v) is 5.64. The van der Waals surface area contributed by atoms with Gasteiger partial charge >= 0.3 is 0 Å². The molecule has 1 unspecified atom stereocenters. The number of fused-ring (bicyclic) bond motifs is 1. The second kappa shape index (κ2) is 5.35. The third-order valence-corrected chi connectivity index (χ3v) is 4.32. The SMILES string of the molecule is CCN1C(=O)C(C)=C(C)N2CC(Cc3ccccc3)N=C12. The zero-order valence-electron chi connectivity index (χ0n) is 12.8. The van der Waals surface area contributed by atoms with E-state index in [1.165, 1.54) is 5.56 Å². The highest BCUT2D eigenvalue weighted by Crippen LogP contribution is 2.27. The Morgan fingerprint density at radius 2 is 1.95 bits per heavy atom. The lowest BCUT2D eigenvalue weighted by Crippen LogP contribution is -2.49. The van der Waals surface area contributed by atoms with Gasteiger partial charge in [-0.15, -0.1) is 0 Å². The molecule has 0 bridgehead atoms. The van der Waals surface area contributed by atoms with Crippen molar-refractivity contribution in [2.75, 3.05) is 13.1 Å². The quantitative estimate of drug-likeness (QED) is 0.854. The van der Waals surface area contributed by atoms with Crippen LogP contribution in [-0.4, -0.2) is 40.8 Å². The molecule has 0 fully saturated rings. The van der Waals surface area contributed by atoms with Gasteiger partial charge in [0.15, 0.2) is 0 Å². The fourth-order valence-corrected chi connectivity index (χ4v) is 3.00. The molecule has 0 spiro atoms. The van der Waals surface area contributed by atoms with E-state index >= 15 is 0 Å². The molecule has 3 rings (SSSR count). The Hall–Kier alpha value is -2.10. The van der Waals surface area contributed by atoms with E-state index in [4.69, 9.17) is 4.99 Å². The Balaban J connectivity index is 1.87. The lowest BCUT2D eigenvalue weighted by molar-refractivity contribution is -0.124. The Kier molecular flexibility index (Phi) is 3.53. The van der Waals surface area contributed by atoms with Gasteiger partial charge in [0.05, 0.1) is 6.04 Å². The third kappa shape index (κ3) is 2.35. The molecule has 0 aromatic heterocycles. The number of allylic oxidation sites excluding steroid dienone is 1. The van der Waals surface area contributed by atoms with Crippen LogP contribution in [0.4, 0.5) is 0 Å². The molecule has 0 aliphatic carbocycles. The summed E-state index contributed by atoms with van der Waals surface area (Å²) in [4.78, 5) is 21.1. The van der Waals surface area contributed by atoms with Gasteiger partial charge in [-0.05, 0) is 32.8 Å². The molecule has 1 amide bonds. The molecule has 2 heterocycles. The minimum absolute atomic E-state index is 0.0883. The van der Waals surface area contributed by atoms with Crippen molar-refractivity contribution in [2.45, 2.75) is 33.2 Å². The van der Waals surface area contributed by atoms with Gasteiger partial charge in [-0.25, -0.2) is 4.99 Å².